The summed E-state index contributed by atoms with van der Waals surface area (Å²) >= 11 is 0. The van der Waals surface area contributed by atoms with Gasteiger partial charge in [-0.25, -0.2) is 9.97 Å². The van der Waals surface area contributed by atoms with Crippen molar-refractivity contribution < 1.29 is 9.47 Å². The molecule has 0 saturated carbocycles. The van der Waals surface area contributed by atoms with Gasteiger partial charge in [0, 0.05) is 27.7 Å². The molecule has 24 heavy (non-hydrogen) atoms. The second-order valence-electron chi connectivity index (χ2n) is 4.81. The highest BCUT2D eigenvalue weighted by atomic mass is 16.5. The van der Waals surface area contributed by atoms with E-state index in [4.69, 9.17) is 15.0 Å². The average molecular weight is 322 g/mol. The predicted molar refractivity (Wildman–Crippen MR) is 91.2 cm³/mol. The summed E-state index contributed by atoms with van der Waals surface area (Å²) in [5.74, 6) is 1.84. The molecule has 1 N–H and O–H groups in total. The van der Waals surface area contributed by atoms with E-state index in [1.54, 1.807) is 44.6 Å². The maximum absolute atomic E-state index is 8.44. The van der Waals surface area contributed by atoms with Crippen LogP contribution in [0.3, 0.4) is 0 Å². The Morgan fingerprint density at radius 2 is 1.75 bits per heavy atom. The number of anilines is 2. The highest BCUT2D eigenvalue weighted by molar-refractivity contribution is 5.93. The van der Waals surface area contributed by atoms with Gasteiger partial charge in [0.1, 0.15) is 12.1 Å². The largest absolute Gasteiger partial charge is 0.493 e. The zero-order valence-corrected chi connectivity index (χ0v) is 13.1. The Morgan fingerprint density at radius 1 is 1.04 bits per heavy atom. The Balaban J connectivity index is 2.01. The fraction of sp³-hybridized carbons (Fsp3) is 0.125. The number of azide groups is 1. The molecule has 3 aromatic rings. The summed E-state index contributed by atoms with van der Waals surface area (Å²) in [5.41, 5.74) is 10.5. The Hall–Kier alpha value is -3.51. The lowest BCUT2D eigenvalue weighted by molar-refractivity contribution is 0.356. The highest BCUT2D eigenvalue weighted by Gasteiger charge is 2.11. The summed E-state index contributed by atoms with van der Waals surface area (Å²) in [4.78, 5) is 11.3. The van der Waals surface area contributed by atoms with Gasteiger partial charge < -0.3 is 14.8 Å². The third-order valence-corrected chi connectivity index (χ3v) is 3.43. The normalized spacial score (nSPS) is 10.1. The predicted octanol–water partition coefficient (Wildman–Crippen LogP) is 4.33. The number of benzene rings is 2. The standard InChI is InChI=1S/C16H14N6O2/c1-23-14-7-12-13(8-15(14)24-2)18-9-19-16(12)20-10-3-5-11(6-4-10)21-22-17/h3-9H,1-2H3,(H,18,19,20). The molecule has 0 aliphatic carbocycles. The van der Waals surface area contributed by atoms with Crippen LogP contribution in [-0.4, -0.2) is 24.2 Å². The van der Waals surface area contributed by atoms with Gasteiger partial charge in [-0.2, -0.15) is 0 Å². The third kappa shape index (κ3) is 2.99. The van der Waals surface area contributed by atoms with E-state index in [-0.39, 0.29) is 0 Å². The van der Waals surface area contributed by atoms with Gasteiger partial charge in [-0.05, 0) is 23.7 Å². The summed E-state index contributed by atoms with van der Waals surface area (Å²) in [6.07, 6.45) is 1.48. The Morgan fingerprint density at radius 3 is 2.42 bits per heavy atom. The van der Waals surface area contributed by atoms with E-state index in [0.29, 0.717) is 23.0 Å². The van der Waals surface area contributed by atoms with Gasteiger partial charge >= 0.3 is 0 Å². The first kappa shape index (κ1) is 15.4. The molecule has 2 aromatic carbocycles. The SMILES string of the molecule is COc1cc2ncnc(Nc3ccc(N=[N+]=[N-])cc3)c2cc1OC. The minimum atomic E-state index is 0.544. The Bertz CT molecular complexity index is 920. The second-order valence-corrected chi connectivity index (χ2v) is 4.81. The van der Waals surface area contributed by atoms with Crippen molar-refractivity contribution in [1.82, 2.24) is 9.97 Å². The van der Waals surface area contributed by atoms with Crippen LogP contribution in [-0.2, 0) is 0 Å². The number of nitrogens with one attached hydrogen (secondary N) is 1. The zero-order valence-electron chi connectivity index (χ0n) is 13.1. The maximum Gasteiger partial charge on any atom is 0.162 e. The van der Waals surface area contributed by atoms with Crippen molar-refractivity contribution in [2.75, 3.05) is 19.5 Å². The lowest BCUT2D eigenvalue weighted by atomic mass is 10.2. The molecule has 0 amide bonds. The first-order valence-electron chi connectivity index (χ1n) is 7.04. The molecular formula is C16H14N6O2. The van der Waals surface area contributed by atoms with E-state index in [2.05, 4.69) is 25.3 Å². The molecular weight excluding hydrogens is 308 g/mol. The fourth-order valence-corrected chi connectivity index (χ4v) is 2.28. The van der Waals surface area contributed by atoms with Gasteiger partial charge in [0.15, 0.2) is 11.5 Å². The summed E-state index contributed by atoms with van der Waals surface area (Å²) in [7, 11) is 3.16. The number of methoxy groups -OCH3 is 2. The second kappa shape index (κ2) is 6.72. The van der Waals surface area contributed by atoms with Crippen LogP contribution in [0.25, 0.3) is 21.3 Å². The van der Waals surface area contributed by atoms with Crippen molar-refractivity contribution in [2.24, 2.45) is 5.11 Å². The molecule has 1 aromatic heterocycles. The molecule has 0 spiro atoms. The van der Waals surface area contributed by atoms with Crippen molar-refractivity contribution in [3.8, 4) is 11.5 Å². The van der Waals surface area contributed by atoms with Crippen LogP contribution in [0.4, 0.5) is 17.2 Å². The lowest BCUT2D eigenvalue weighted by Gasteiger charge is -2.12. The van der Waals surface area contributed by atoms with Crippen LogP contribution in [0.1, 0.15) is 0 Å². The number of hydrogen-bond donors (Lipinski definition) is 1. The third-order valence-electron chi connectivity index (χ3n) is 3.43. The first-order chi connectivity index (χ1) is 11.7. The molecule has 0 bridgehead atoms. The van der Waals surface area contributed by atoms with E-state index < -0.39 is 0 Å². The molecule has 120 valence electrons. The quantitative estimate of drug-likeness (QED) is 0.427. The number of rotatable bonds is 5. The fourth-order valence-electron chi connectivity index (χ4n) is 2.28. The van der Waals surface area contributed by atoms with Crippen molar-refractivity contribution in [1.29, 1.82) is 0 Å². The zero-order chi connectivity index (χ0) is 16.9. The summed E-state index contributed by atoms with van der Waals surface area (Å²) in [6, 6.07) is 10.7. The number of aromatic nitrogens is 2. The Kier molecular flexibility index (Phi) is 4.31. The molecule has 8 nitrogen and oxygen atoms in total. The smallest absolute Gasteiger partial charge is 0.162 e. The van der Waals surface area contributed by atoms with Crippen molar-refractivity contribution in [2.45, 2.75) is 0 Å². The summed E-state index contributed by atoms with van der Waals surface area (Å²) in [5, 5.41) is 7.57. The number of ether oxygens (including phenoxy) is 2. The summed E-state index contributed by atoms with van der Waals surface area (Å²) < 4.78 is 10.6. The minimum absolute atomic E-state index is 0.544. The molecule has 8 heteroatoms. The van der Waals surface area contributed by atoms with E-state index in [1.807, 2.05) is 6.07 Å². The van der Waals surface area contributed by atoms with Gasteiger partial charge in [-0.15, -0.1) is 0 Å². The lowest BCUT2D eigenvalue weighted by Crippen LogP contribution is -1.97. The van der Waals surface area contributed by atoms with E-state index in [1.165, 1.54) is 6.33 Å². The molecule has 0 aliphatic heterocycles. The van der Waals surface area contributed by atoms with E-state index >= 15 is 0 Å². The number of fused-ring (bicyclic) bond motifs is 1. The molecule has 0 atom stereocenters. The molecule has 3 rings (SSSR count). The van der Waals surface area contributed by atoms with Crippen molar-refractivity contribution >= 4 is 28.1 Å². The highest BCUT2D eigenvalue weighted by Crippen LogP contribution is 2.34. The monoisotopic (exact) mass is 322 g/mol. The molecule has 0 unspecified atom stereocenters. The van der Waals surface area contributed by atoms with Gasteiger partial charge in [0.2, 0.25) is 0 Å². The van der Waals surface area contributed by atoms with E-state index in [9.17, 15) is 0 Å². The van der Waals surface area contributed by atoms with E-state index in [0.717, 1.165) is 16.6 Å². The molecule has 0 fully saturated rings. The van der Waals surface area contributed by atoms with Crippen molar-refractivity contribution in [3.05, 3.63) is 53.2 Å². The van der Waals surface area contributed by atoms with Crippen molar-refractivity contribution in [3.63, 3.8) is 0 Å². The average Bonchev–Trinajstić information content (AvgIpc) is 2.62. The topological polar surface area (TPSA) is 105 Å². The Labute approximate surface area is 137 Å². The van der Waals surface area contributed by atoms with Crippen LogP contribution < -0.4 is 14.8 Å². The molecule has 0 radical (unpaired) electrons. The number of hydrogen-bond acceptors (Lipinski definition) is 6. The number of nitrogens with zero attached hydrogens (tertiary/aromatic N) is 5. The van der Waals surface area contributed by atoms with Crippen LogP contribution >= 0.6 is 0 Å². The molecule has 0 saturated heterocycles. The minimum Gasteiger partial charge on any atom is -0.493 e. The first-order valence-corrected chi connectivity index (χ1v) is 7.04. The molecule has 0 aliphatic rings. The van der Waals surface area contributed by atoms with Crippen LogP contribution in [0.15, 0.2) is 47.8 Å². The van der Waals surface area contributed by atoms with Crippen LogP contribution in [0.5, 0.6) is 11.5 Å². The maximum atomic E-state index is 8.44. The van der Waals surface area contributed by atoms with Crippen LogP contribution in [0.2, 0.25) is 0 Å². The van der Waals surface area contributed by atoms with Gasteiger partial charge in [0.25, 0.3) is 0 Å². The van der Waals surface area contributed by atoms with Gasteiger partial charge in [-0.1, -0.05) is 17.2 Å². The summed E-state index contributed by atoms with van der Waals surface area (Å²) in [6.45, 7) is 0. The van der Waals surface area contributed by atoms with Crippen LogP contribution in [0, 0.1) is 0 Å². The van der Waals surface area contributed by atoms with Gasteiger partial charge in [-0.3, -0.25) is 0 Å². The van der Waals surface area contributed by atoms with Gasteiger partial charge in [0.05, 0.1) is 19.7 Å². The molecule has 1 heterocycles.